The van der Waals surface area contributed by atoms with Crippen molar-refractivity contribution in [2.75, 3.05) is 11.9 Å². The minimum Gasteiger partial charge on any atom is -0.490 e. The Morgan fingerprint density at radius 3 is 2.46 bits per heavy atom. The predicted octanol–water partition coefficient (Wildman–Crippen LogP) is 6.13. The quantitative estimate of drug-likeness (QED) is 0.191. The van der Waals surface area contributed by atoms with Crippen LogP contribution in [-0.4, -0.2) is 24.6 Å². The molecule has 3 aromatic carbocycles. The number of carbonyl (C=O) groups is 2. The average Bonchev–Trinajstić information content (AvgIpc) is 2.81. The molecule has 0 fully saturated rings. The van der Waals surface area contributed by atoms with Crippen molar-refractivity contribution in [3.05, 3.63) is 85.8 Å². The Hall–Kier alpha value is -3.07. The molecule has 0 atom stereocenters. The fraction of sp³-hybridized carbons (Fsp3) is 0.160. The van der Waals surface area contributed by atoms with Crippen LogP contribution < -0.4 is 20.2 Å². The molecule has 0 saturated heterocycles. The number of hydrogen-bond donors (Lipinski definition) is 2. The second kappa shape index (κ2) is 12.6. The van der Waals surface area contributed by atoms with E-state index in [1.165, 1.54) is 6.21 Å². The number of nitrogens with one attached hydrogen (secondary N) is 2. The van der Waals surface area contributed by atoms with Crippen LogP contribution in [0.5, 0.6) is 11.5 Å². The summed E-state index contributed by atoms with van der Waals surface area (Å²) < 4.78 is 12.3. The molecule has 0 unspecified atom stereocenters. The Bertz CT molecular complexity index is 1250. The van der Waals surface area contributed by atoms with E-state index in [0.717, 1.165) is 11.1 Å². The fourth-order valence-electron chi connectivity index (χ4n) is 2.90. The topological polar surface area (TPSA) is 89.0 Å². The van der Waals surface area contributed by atoms with Gasteiger partial charge in [0.1, 0.15) is 6.61 Å². The number of aryl methyl sites for hydroxylation is 1. The standard InChI is InChI=1S/C25H22BrCl2N3O4/c1-3-34-22-11-16(10-20(26)23(22)35-14-17-6-7-18(27)12-21(17)28)13-29-31-25(33)24(32)30-19-8-4-15(2)5-9-19/h4-13H,3,14H2,1-2H3,(H,30,32)(H,31,33)/b29-13+. The van der Waals surface area contributed by atoms with Crippen molar-refractivity contribution >= 4 is 62.8 Å². The molecule has 35 heavy (non-hydrogen) atoms. The molecule has 0 bridgehead atoms. The molecule has 2 amide bonds. The number of nitrogens with zero attached hydrogens (tertiary/aromatic N) is 1. The fourth-order valence-corrected chi connectivity index (χ4v) is 3.93. The van der Waals surface area contributed by atoms with Crippen molar-refractivity contribution in [3.63, 3.8) is 0 Å². The first kappa shape index (κ1) is 26.5. The number of rotatable bonds is 8. The molecule has 0 aliphatic heterocycles. The maximum absolute atomic E-state index is 12.1. The molecule has 0 aliphatic rings. The Morgan fingerprint density at radius 1 is 1.03 bits per heavy atom. The molecule has 182 valence electrons. The third-order valence-corrected chi connectivity index (χ3v) is 5.79. The van der Waals surface area contributed by atoms with Gasteiger partial charge in [-0.3, -0.25) is 9.59 Å². The number of anilines is 1. The Morgan fingerprint density at radius 2 is 1.77 bits per heavy atom. The molecule has 0 aromatic heterocycles. The van der Waals surface area contributed by atoms with Crippen LogP contribution in [0.4, 0.5) is 5.69 Å². The monoisotopic (exact) mass is 577 g/mol. The predicted molar refractivity (Wildman–Crippen MR) is 142 cm³/mol. The summed E-state index contributed by atoms with van der Waals surface area (Å²) in [5, 5.41) is 7.42. The van der Waals surface area contributed by atoms with E-state index in [4.69, 9.17) is 32.7 Å². The van der Waals surface area contributed by atoms with Crippen molar-refractivity contribution in [1.29, 1.82) is 0 Å². The van der Waals surface area contributed by atoms with Gasteiger partial charge >= 0.3 is 11.8 Å². The lowest BCUT2D eigenvalue weighted by molar-refractivity contribution is -0.136. The second-order valence-corrected chi connectivity index (χ2v) is 9.00. The number of halogens is 3. The zero-order valence-electron chi connectivity index (χ0n) is 18.9. The summed E-state index contributed by atoms with van der Waals surface area (Å²) in [4.78, 5) is 24.1. The average molecular weight is 579 g/mol. The van der Waals surface area contributed by atoms with Gasteiger partial charge in [0.15, 0.2) is 11.5 Å². The van der Waals surface area contributed by atoms with Gasteiger partial charge in [-0.25, -0.2) is 5.43 Å². The Kier molecular flexibility index (Phi) is 9.54. The van der Waals surface area contributed by atoms with Crippen molar-refractivity contribution in [3.8, 4) is 11.5 Å². The molecule has 10 heteroatoms. The van der Waals surface area contributed by atoms with E-state index in [9.17, 15) is 9.59 Å². The van der Waals surface area contributed by atoms with Crippen LogP contribution in [0.25, 0.3) is 0 Å². The van der Waals surface area contributed by atoms with Crippen LogP contribution >= 0.6 is 39.1 Å². The summed E-state index contributed by atoms with van der Waals surface area (Å²) in [7, 11) is 0. The zero-order valence-corrected chi connectivity index (χ0v) is 22.0. The summed E-state index contributed by atoms with van der Waals surface area (Å²) in [5.41, 5.74) is 5.14. The minimum absolute atomic E-state index is 0.203. The summed E-state index contributed by atoms with van der Waals surface area (Å²) in [6.45, 7) is 4.38. The van der Waals surface area contributed by atoms with Crippen molar-refractivity contribution in [1.82, 2.24) is 5.43 Å². The van der Waals surface area contributed by atoms with Crippen molar-refractivity contribution in [2.24, 2.45) is 5.10 Å². The van der Waals surface area contributed by atoms with Crippen LogP contribution in [0.1, 0.15) is 23.6 Å². The lowest BCUT2D eigenvalue weighted by Gasteiger charge is -2.15. The van der Waals surface area contributed by atoms with E-state index < -0.39 is 11.8 Å². The molecule has 3 aromatic rings. The maximum atomic E-state index is 12.1. The molecule has 0 spiro atoms. The Labute approximate surface area is 221 Å². The molecule has 0 saturated carbocycles. The van der Waals surface area contributed by atoms with Gasteiger partial charge in [-0.15, -0.1) is 0 Å². The lowest BCUT2D eigenvalue weighted by Crippen LogP contribution is -2.32. The van der Waals surface area contributed by atoms with E-state index in [1.54, 1.807) is 42.5 Å². The van der Waals surface area contributed by atoms with Gasteiger partial charge in [0.05, 0.1) is 17.3 Å². The summed E-state index contributed by atoms with van der Waals surface area (Å²) in [6.07, 6.45) is 1.39. The van der Waals surface area contributed by atoms with Crippen molar-refractivity contribution < 1.29 is 19.1 Å². The molecule has 0 heterocycles. The van der Waals surface area contributed by atoms with Crippen LogP contribution in [0, 0.1) is 6.92 Å². The van der Waals surface area contributed by atoms with E-state index in [1.807, 2.05) is 26.0 Å². The SMILES string of the molecule is CCOc1cc(/C=N/NC(=O)C(=O)Nc2ccc(C)cc2)cc(Br)c1OCc1ccc(Cl)cc1Cl. The van der Waals surface area contributed by atoms with Crippen LogP contribution in [0.2, 0.25) is 10.0 Å². The van der Waals surface area contributed by atoms with E-state index in [-0.39, 0.29) is 6.61 Å². The van der Waals surface area contributed by atoms with E-state index in [2.05, 4.69) is 31.8 Å². The van der Waals surface area contributed by atoms with Gasteiger partial charge in [-0.2, -0.15) is 5.10 Å². The maximum Gasteiger partial charge on any atom is 0.329 e. The van der Waals surface area contributed by atoms with Gasteiger partial charge in [-0.1, -0.05) is 47.0 Å². The minimum atomic E-state index is -0.897. The Balaban J connectivity index is 1.66. The van der Waals surface area contributed by atoms with E-state index >= 15 is 0 Å². The zero-order chi connectivity index (χ0) is 25.4. The van der Waals surface area contributed by atoms with Gasteiger partial charge < -0.3 is 14.8 Å². The first-order valence-electron chi connectivity index (χ1n) is 10.5. The molecular weight excluding hydrogens is 557 g/mol. The third kappa shape index (κ3) is 7.71. The molecule has 0 radical (unpaired) electrons. The molecular formula is C25H22BrCl2N3O4. The normalized spacial score (nSPS) is 10.8. The highest BCUT2D eigenvalue weighted by molar-refractivity contribution is 9.10. The smallest absolute Gasteiger partial charge is 0.329 e. The highest BCUT2D eigenvalue weighted by Gasteiger charge is 2.15. The molecule has 3 rings (SSSR count). The van der Waals surface area contributed by atoms with Gasteiger partial charge in [0.2, 0.25) is 0 Å². The molecule has 0 aliphatic carbocycles. The largest absolute Gasteiger partial charge is 0.490 e. The number of benzene rings is 3. The van der Waals surface area contributed by atoms with E-state index in [0.29, 0.717) is 43.9 Å². The highest BCUT2D eigenvalue weighted by atomic mass is 79.9. The number of carbonyl (C=O) groups excluding carboxylic acids is 2. The third-order valence-electron chi connectivity index (χ3n) is 4.61. The van der Waals surface area contributed by atoms with Gasteiger partial charge in [-0.05, 0) is 71.7 Å². The number of hydrogen-bond acceptors (Lipinski definition) is 5. The summed E-state index contributed by atoms with van der Waals surface area (Å²) in [6, 6.07) is 15.7. The first-order chi connectivity index (χ1) is 16.8. The van der Waals surface area contributed by atoms with Crippen LogP contribution in [0.3, 0.4) is 0 Å². The number of ether oxygens (including phenoxy) is 2. The van der Waals surface area contributed by atoms with Gasteiger partial charge in [0, 0.05) is 21.3 Å². The molecule has 2 N–H and O–H groups in total. The highest BCUT2D eigenvalue weighted by Crippen LogP contribution is 2.37. The summed E-state index contributed by atoms with van der Waals surface area (Å²) >= 11 is 15.7. The number of amides is 2. The molecule has 7 nitrogen and oxygen atoms in total. The van der Waals surface area contributed by atoms with Gasteiger partial charge in [0.25, 0.3) is 0 Å². The van der Waals surface area contributed by atoms with Crippen LogP contribution in [-0.2, 0) is 16.2 Å². The van der Waals surface area contributed by atoms with Crippen LogP contribution in [0.15, 0.2) is 64.2 Å². The van der Waals surface area contributed by atoms with Crippen molar-refractivity contribution in [2.45, 2.75) is 20.5 Å². The summed E-state index contributed by atoms with van der Waals surface area (Å²) in [5.74, 6) is -0.772. The second-order valence-electron chi connectivity index (χ2n) is 7.31. The lowest BCUT2D eigenvalue weighted by atomic mass is 10.2. The number of hydrazone groups is 1. The first-order valence-corrected chi connectivity index (χ1v) is 12.1.